The fraction of sp³-hybridized carbons (Fsp3) is 0.588. The van der Waals surface area contributed by atoms with Crippen molar-refractivity contribution >= 4 is 5.97 Å². The van der Waals surface area contributed by atoms with Gasteiger partial charge in [0, 0.05) is 6.04 Å². The molecule has 3 nitrogen and oxygen atoms in total. The smallest absolute Gasteiger partial charge is 0.310 e. The zero-order valence-corrected chi connectivity index (χ0v) is 11.8. The maximum Gasteiger partial charge on any atom is 0.310 e. The summed E-state index contributed by atoms with van der Waals surface area (Å²) in [4.78, 5) is 12.2. The first kappa shape index (κ1) is 13.6. The number of benzene rings is 1. The van der Waals surface area contributed by atoms with Crippen molar-refractivity contribution in [2.75, 3.05) is 6.61 Å². The van der Waals surface area contributed by atoms with Crippen molar-refractivity contribution in [1.29, 1.82) is 0 Å². The van der Waals surface area contributed by atoms with E-state index in [2.05, 4.69) is 12.1 Å². The normalized spacial score (nSPS) is 31.4. The maximum atomic E-state index is 12.2. The lowest BCUT2D eigenvalue weighted by atomic mass is 9.85. The molecule has 3 rings (SSSR count). The Hall–Kier alpha value is -1.35. The molecule has 4 unspecified atom stereocenters. The quantitative estimate of drug-likeness (QED) is 0.662. The number of carbonyl (C=O) groups excluding carboxylic acids is 1. The van der Waals surface area contributed by atoms with E-state index in [1.54, 1.807) is 0 Å². The Morgan fingerprint density at radius 2 is 1.95 bits per heavy atom. The molecule has 2 bridgehead atoms. The summed E-state index contributed by atoms with van der Waals surface area (Å²) in [5.41, 5.74) is 7.45. The number of hydrogen-bond donors (Lipinski definition) is 1. The molecule has 0 saturated heterocycles. The molecule has 0 amide bonds. The molecule has 2 aliphatic rings. The SMILES string of the molecule is NC1C2CCC(C2)C1C(=O)OCCCc1ccccc1. The zero-order chi connectivity index (χ0) is 13.9. The van der Waals surface area contributed by atoms with Gasteiger partial charge in [-0.3, -0.25) is 4.79 Å². The van der Waals surface area contributed by atoms with Gasteiger partial charge in [0.25, 0.3) is 0 Å². The van der Waals surface area contributed by atoms with Gasteiger partial charge in [-0.2, -0.15) is 0 Å². The van der Waals surface area contributed by atoms with Crippen LogP contribution in [0.5, 0.6) is 0 Å². The molecule has 1 aromatic carbocycles. The van der Waals surface area contributed by atoms with Crippen LogP contribution >= 0.6 is 0 Å². The molecule has 4 atom stereocenters. The number of rotatable bonds is 5. The predicted octanol–water partition coefficient (Wildman–Crippen LogP) is 2.54. The minimum Gasteiger partial charge on any atom is -0.465 e. The number of hydrogen-bond acceptors (Lipinski definition) is 3. The Bertz CT molecular complexity index is 457. The van der Waals surface area contributed by atoms with Crippen LogP contribution in [-0.2, 0) is 16.0 Å². The first-order chi connectivity index (χ1) is 9.75. The minimum absolute atomic E-state index is 0.0366. The van der Waals surface area contributed by atoms with Gasteiger partial charge in [0.05, 0.1) is 12.5 Å². The summed E-state index contributed by atoms with van der Waals surface area (Å²) in [6.07, 6.45) is 5.32. The summed E-state index contributed by atoms with van der Waals surface area (Å²) in [6.45, 7) is 0.508. The van der Waals surface area contributed by atoms with E-state index in [1.165, 1.54) is 12.0 Å². The lowest BCUT2D eigenvalue weighted by Crippen LogP contribution is -2.41. The highest BCUT2D eigenvalue weighted by atomic mass is 16.5. The second-order valence-electron chi connectivity index (χ2n) is 6.19. The van der Waals surface area contributed by atoms with Gasteiger partial charge in [0.1, 0.15) is 0 Å². The van der Waals surface area contributed by atoms with Gasteiger partial charge < -0.3 is 10.5 Å². The van der Waals surface area contributed by atoms with Crippen LogP contribution in [0.1, 0.15) is 31.2 Å². The van der Waals surface area contributed by atoms with Gasteiger partial charge in [-0.05, 0) is 49.5 Å². The van der Waals surface area contributed by atoms with Crippen LogP contribution in [-0.4, -0.2) is 18.6 Å². The molecule has 0 aliphatic heterocycles. The van der Waals surface area contributed by atoms with Crippen LogP contribution in [0.2, 0.25) is 0 Å². The van der Waals surface area contributed by atoms with Crippen LogP contribution in [0.3, 0.4) is 0 Å². The van der Waals surface area contributed by atoms with Crippen molar-refractivity contribution in [3.63, 3.8) is 0 Å². The van der Waals surface area contributed by atoms with E-state index in [4.69, 9.17) is 10.5 Å². The number of carbonyl (C=O) groups is 1. The van der Waals surface area contributed by atoms with E-state index in [0.717, 1.165) is 25.7 Å². The molecule has 0 spiro atoms. The first-order valence-electron chi connectivity index (χ1n) is 7.72. The summed E-state index contributed by atoms with van der Waals surface area (Å²) in [5.74, 6) is 0.946. The lowest BCUT2D eigenvalue weighted by molar-refractivity contribution is -0.151. The number of ether oxygens (including phenoxy) is 1. The monoisotopic (exact) mass is 273 g/mol. The predicted molar refractivity (Wildman–Crippen MR) is 78.0 cm³/mol. The van der Waals surface area contributed by atoms with Crippen LogP contribution in [0.4, 0.5) is 0 Å². The van der Waals surface area contributed by atoms with E-state index in [-0.39, 0.29) is 17.9 Å². The molecule has 3 heteroatoms. The lowest BCUT2D eigenvalue weighted by Gasteiger charge is -2.26. The Kier molecular flexibility index (Phi) is 4.06. The highest BCUT2D eigenvalue weighted by molar-refractivity contribution is 5.74. The van der Waals surface area contributed by atoms with Crippen LogP contribution in [0.25, 0.3) is 0 Å². The third-order valence-corrected chi connectivity index (χ3v) is 4.95. The Morgan fingerprint density at radius 1 is 1.20 bits per heavy atom. The Balaban J connectivity index is 1.42. The van der Waals surface area contributed by atoms with Gasteiger partial charge >= 0.3 is 5.97 Å². The molecule has 2 N–H and O–H groups in total. The standard InChI is InChI=1S/C17H23NO2/c18-16-14-9-8-13(11-14)15(16)17(19)20-10-4-7-12-5-2-1-3-6-12/h1-3,5-6,13-16H,4,7-11,18H2. The van der Waals surface area contributed by atoms with Gasteiger partial charge in [-0.1, -0.05) is 30.3 Å². The van der Waals surface area contributed by atoms with E-state index < -0.39 is 0 Å². The van der Waals surface area contributed by atoms with E-state index >= 15 is 0 Å². The third-order valence-electron chi connectivity index (χ3n) is 4.95. The number of fused-ring (bicyclic) bond motifs is 2. The summed E-state index contributed by atoms with van der Waals surface area (Å²) >= 11 is 0. The summed E-state index contributed by atoms with van der Waals surface area (Å²) < 4.78 is 5.45. The summed E-state index contributed by atoms with van der Waals surface area (Å²) in [6, 6.07) is 10.3. The Labute approximate surface area is 120 Å². The second-order valence-corrected chi connectivity index (χ2v) is 6.19. The van der Waals surface area contributed by atoms with Crippen LogP contribution < -0.4 is 5.73 Å². The fourth-order valence-corrected chi connectivity index (χ4v) is 3.88. The van der Waals surface area contributed by atoms with Gasteiger partial charge in [-0.25, -0.2) is 0 Å². The average Bonchev–Trinajstić information content (AvgIpc) is 3.05. The molecule has 108 valence electrons. The Morgan fingerprint density at radius 3 is 2.65 bits per heavy atom. The number of aryl methyl sites for hydroxylation is 1. The molecule has 20 heavy (non-hydrogen) atoms. The van der Waals surface area contributed by atoms with Crippen molar-refractivity contribution in [2.24, 2.45) is 23.5 Å². The largest absolute Gasteiger partial charge is 0.465 e. The van der Waals surface area contributed by atoms with E-state index in [9.17, 15) is 4.79 Å². The summed E-state index contributed by atoms with van der Waals surface area (Å²) in [5, 5.41) is 0. The first-order valence-corrected chi connectivity index (χ1v) is 7.72. The van der Waals surface area contributed by atoms with Crippen LogP contribution in [0.15, 0.2) is 30.3 Å². The average molecular weight is 273 g/mol. The molecular weight excluding hydrogens is 250 g/mol. The van der Waals surface area contributed by atoms with Crippen molar-refractivity contribution in [3.8, 4) is 0 Å². The van der Waals surface area contributed by atoms with Crippen molar-refractivity contribution in [3.05, 3.63) is 35.9 Å². The molecule has 2 aliphatic carbocycles. The highest BCUT2D eigenvalue weighted by Crippen LogP contribution is 2.47. The fourth-order valence-electron chi connectivity index (χ4n) is 3.88. The zero-order valence-electron chi connectivity index (χ0n) is 11.8. The number of nitrogens with two attached hydrogens (primary N) is 1. The van der Waals surface area contributed by atoms with Crippen molar-refractivity contribution < 1.29 is 9.53 Å². The maximum absolute atomic E-state index is 12.2. The molecule has 2 fully saturated rings. The molecule has 0 radical (unpaired) electrons. The van der Waals surface area contributed by atoms with Gasteiger partial charge in [-0.15, -0.1) is 0 Å². The van der Waals surface area contributed by atoms with E-state index in [0.29, 0.717) is 18.4 Å². The second kappa shape index (κ2) is 5.96. The van der Waals surface area contributed by atoms with Gasteiger partial charge in [0.15, 0.2) is 0 Å². The number of esters is 1. The topological polar surface area (TPSA) is 52.3 Å². The molecular formula is C17H23NO2. The highest BCUT2D eigenvalue weighted by Gasteiger charge is 2.49. The van der Waals surface area contributed by atoms with Crippen LogP contribution in [0, 0.1) is 17.8 Å². The van der Waals surface area contributed by atoms with Crippen molar-refractivity contribution in [1.82, 2.24) is 0 Å². The minimum atomic E-state index is -0.0576. The third kappa shape index (κ3) is 2.73. The molecule has 1 aromatic rings. The molecule has 0 heterocycles. The van der Waals surface area contributed by atoms with E-state index in [1.807, 2.05) is 18.2 Å². The molecule has 2 saturated carbocycles. The van der Waals surface area contributed by atoms with Crippen molar-refractivity contribution in [2.45, 2.75) is 38.1 Å². The summed E-state index contributed by atoms with van der Waals surface area (Å²) in [7, 11) is 0. The molecule has 0 aromatic heterocycles. The van der Waals surface area contributed by atoms with Gasteiger partial charge in [0.2, 0.25) is 0 Å².